The maximum Gasteiger partial charge on any atom is 0.315 e. The molecule has 0 heterocycles. The van der Waals surface area contributed by atoms with Gasteiger partial charge in [0.2, 0.25) is 5.91 Å². The van der Waals surface area contributed by atoms with Crippen LogP contribution >= 0.6 is 0 Å². The smallest absolute Gasteiger partial charge is 0.315 e. The van der Waals surface area contributed by atoms with Crippen molar-refractivity contribution in [1.82, 2.24) is 5.32 Å². The minimum atomic E-state index is -0.525. The summed E-state index contributed by atoms with van der Waals surface area (Å²) in [7, 11) is 1.26. The molecule has 0 saturated heterocycles. The molecule has 1 amide bonds. The van der Waals surface area contributed by atoms with Gasteiger partial charge in [-0.3, -0.25) is 9.59 Å². The van der Waals surface area contributed by atoms with Crippen molar-refractivity contribution in [3.05, 3.63) is 34.9 Å². The van der Waals surface area contributed by atoms with Gasteiger partial charge in [-0.2, -0.15) is 0 Å². The van der Waals surface area contributed by atoms with Crippen LogP contribution in [0.2, 0.25) is 0 Å². The molecule has 0 radical (unpaired) electrons. The number of nitrogens with one attached hydrogen (secondary N) is 1. The van der Waals surface area contributed by atoms with Crippen LogP contribution in [0, 0.1) is 13.8 Å². The summed E-state index contributed by atoms with van der Waals surface area (Å²) in [5, 5.41) is 2.68. The molecule has 0 saturated carbocycles. The Hall–Kier alpha value is -1.84. The lowest BCUT2D eigenvalue weighted by Crippen LogP contribution is -2.25. The molecule has 0 atom stereocenters. The zero-order valence-electron chi connectivity index (χ0n) is 10.4. The van der Waals surface area contributed by atoms with Crippen molar-refractivity contribution < 1.29 is 14.3 Å². The van der Waals surface area contributed by atoms with Crippen LogP contribution in [-0.4, -0.2) is 19.0 Å². The van der Waals surface area contributed by atoms with Crippen molar-refractivity contribution in [2.24, 2.45) is 0 Å². The van der Waals surface area contributed by atoms with E-state index in [4.69, 9.17) is 0 Å². The Morgan fingerprint density at radius 2 is 2.00 bits per heavy atom. The maximum absolute atomic E-state index is 11.4. The molecule has 1 rings (SSSR count). The summed E-state index contributed by atoms with van der Waals surface area (Å²) in [6.07, 6.45) is -0.235. The first-order chi connectivity index (χ1) is 8.02. The minimum Gasteiger partial charge on any atom is -0.469 e. The van der Waals surface area contributed by atoms with E-state index in [1.165, 1.54) is 12.7 Å². The molecule has 1 N–H and O–H groups in total. The van der Waals surface area contributed by atoms with Gasteiger partial charge in [-0.25, -0.2) is 0 Å². The summed E-state index contributed by atoms with van der Waals surface area (Å²) in [5.74, 6) is -0.847. The van der Waals surface area contributed by atoms with E-state index in [1.54, 1.807) is 0 Å². The number of aryl methyl sites for hydroxylation is 2. The van der Waals surface area contributed by atoms with E-state index < -0.39 is 5.97 Å². The average molecular weight is 235 g/mol. The molecule has 92 valence electrons. The Bertz CT molecular complexity index is 427. The summed E-state index contributed by atoms with van der Waals surface area (Å²) >= 11 is 0. The number of benzene rings is 1. The monoisotopic (exact) mass is 235 g/mol. The second-order valence-electron chi connectivity index (χ2n) is 3.96. The quantitative estimate of drug-likeness (QED) is 0.635. The number of methoxy groups -OCH3 is 1. The number of rotatable bonds is 4. The molecule has 0 aromatic heterocycles. The van der Waals surface area contributed by atoms with Crippen LogP contribution in [0.4, 0.5) is 0 Å². The fourth-order valence-electron chi connectivity index (χ4n) is 1.50. The lowest BCUT2D eigenvalue weighted by Gasteiger charge is -2.08. The van der Waals surface area contributed by atoms with E-state index in [1.807, 2.05) is 26.0 Å². The van der Waals surface area contributed by atoms with Crippen molar-refractivity contribution in [2.75, 3.05) is 7.11 Å². The molecule has 4 heteroatoms. The van der Waals surface area contributed by atoms with E-state index in [0.29, 0.717) is 6.54 Å². The minimum absolute atomic E-state index is 0.235. The number of amides is 1. The predicted molar refractivity (Wildman–Crippen MR) is 64.4 cm³/mol. The van der Waals surface area contributed by atoms with Crippen molar-refractivity contribution in [1.29, 1.82) is 0 Å². The molecular formula is C13H17NO3. The van der Waals surface area contributed by atoms with Crippen molar-refractivity contribution >= 4 is 11.9 Å². The van der Waals surface area contributed by atoms with E-state index in [9.17, 15) is 9.59 Å². The summed E-state index contributed by atoms with van der Waals surface area (Å²) in [6.45, 7) is 4.45. The zero-order valence-corrected chi connectivity index (χ0v) is 10.4. The lowest BCUT2D eigenvalue weighted by atomic mass is 10.1. The van der Waals surface area contributed by atoms with Gasteiger partial charge in [0.25, 0.3) is 0 Å². The molecule has 1 aromatic rings. The Morgan fingerprint density at radius 3 is 2.59 bits per heavy atom. The Balaban J connectivity index is 2.50. The lowest BCUT2D eigenvalue weighted by molar-refractivity contribution is -0.143. The molecule has 0 aliphatic rings. The predicted octanol–water partition coefficient (Wildman–Crippen LogP) is 1.48. The topological polar surface area (TPSA) is 55.4 Å². The molecule has 0 aliphatic heterocycles. The van der Waals surface area contributed by atoms with Gasteiger partial charge in [0.15, 0.2) is 0 Å². The van der Waals surface area contributed by atoms with Gasteiger partial charge in [-0.15, -0.1) is 0 Å². The third-order valence-corrected chi connectivity index (χ3v) is 2.51. The first-order valence-corrected chi connectivity index (χ1v) is 5.42. The fourth-order valence-corrected chi connectivity index (χ4v) is 1.50. The third-order valence-electron chi connectivity index (χ3n) is 2.51. The number of hydrogen-bond donors (Lipinski definition) is 1. The highest BCUT2D eigenvalue weighted by Crippen LogP contribution is 2.10. The Kier molecular flexibility index (Phi) is 4.69. The second kappa shape index (κ2) is 6.03. The first-order valence-electron chi connectivity index (χ1n) is 5.42. The highest BCUT2D eigenvalue weighted by molar-refractivity contribution is 5.94. The van der Waals surface area contributed by atoms with Gasteiger partial charge in [-0.05, 0) is 25.0 Å². The SMILES string of the molecule is COC(=O)CC(=O)NCc1ccc(C)cc1C. The fraction of sp³-hybridized carbons (Fsp3) is 0.385. The summed E-state index contributed by atoms with van der Waals surface area (Å²) in [4.78, 5) is 22.2. The Labute approximate surface area is 101 Å². The van der Waals surface area contributed by atoms with E-state index in [0.717, 1.165) is 11.1 Å². The summed E-state index contributed by atoms with van der Waals surface area (Å²) in [6, 6.07) is 6.03. The molecule has 1 aromatic carbocycles. The van der Waals surface area contributed by atoms with E-state index in [2.05, 4.69) is 16.1 Å². The van der Waals surface area contributed by atoms with Crippen LogP contribution in [0.5, 0.6) is 0 Å². The zero-order chi connectivity index (χ0) is 12.8. The number of esters is 1. The van der Waals surface area contributed by atoms with Gasteiger partial charge in [-0.1, -0.05) is 23.8 Å². The maximum atomic E-state index is 11.4. The molecule has 0 bridgehead atoms. The van der Waals surface area contributed by atoms with Crippen molar-refractivity contribution in [3.8, 4) is 0 Å². The van der Waals surface area contributed by atoms with Crippen LogP contribution in [0.3, 0.4) is 0 Å². The normalized spacial score (nSPS) is 9.82. The summed E-state index contributed by atoms with van der Waals surface area (Å²) < 4.78 is 4.41. The Morgan fingerprint density at radius 1 is 1.29 bits per heavy atom. The number of carbonyl (C=O) groups excluding carboxylic acids is 2. The second-order valence-corrected chi connectivity index (χ2v) is 3.96. The molecule has 0 fully saturated rings. The first kappa shape index (κ1) is 13.2. The molecule has 4 nitrogen and oxygen atoms in total. The average Bonchev–Trinajstić information content (AvgIpc) is 2.27. The van der Waals surface area contributed by atoms with Crippen LogP contribution in [0.1, 0.15) is 23.1 Å². The molecular weight excluding hydrogens is 218 g/mol. The number of ether oxygens (including phenoxy) is 1. The van der Waals surface area contributed by atoms with Crippen LogP contribution < -0.4 is 5.32 Å². The van der Waals surface area contributed by atoms with E-state index in [-0.39, 0.29) is 12.3 Å². The number of hydrogen-bond acceptors (Lipinski definition) is 3. The van der Waals surface area contributed by atoms with Gasteiger partial charge >= 0.3 is 5.97 Å². The third kappa shape index (κ3) is 4.26. The number of carbonyl (C=O) groups is 2. The van der Waals surface area contributed by atoms with Gasteiger partial charge in [0, 0.05) is 6.54 Å². The molecule has 0 aliphatic carbocycles. The van der Waals surface area contributed by atoms with Crippen LogP contribution in [0.25, 0.3) is 0 Å². The van der Waals surface area contributed by atoms with E-state index >= 15 is 0 Å². The van der Waals surface area contributed by atoms with Gasteiger partial charge in [0.05, 0.1) is 7.11 Å². The summed E-state index contributed by atoms with van der Waals surface area (Å²) in [5.41, 5.74) is 3.37. The standard InChI is InChI=1S/C13H17NO3/c1-9-4-5-11(10(2)6-9)8-14-12(15)7-13(16)17-3/h4-6H,7-8H2,1-3H3,(H,14,15). The van der Waals surface area contributed by atoms with Crippen LogP contribution in [0.15, 0.2) is 18.2 Å². The highest BCUT2D eigenvalue weighted by atomic mass is 16.5. The van der Waals surface area contributed by atoms with Crippen molar-refractivity contribution in [2.45, 2.75) is 26.8 Å². The molecule has 0 spiro atoms. The van der Waals surface area contributed by atoms with Gasteiger partial charge in [0.1, 0.15) is 6.42 Å². The highest BCUT2D eigenvalue weighted by Gasteiger charge is 2.09. The van der Waals surface area contributed by atoms with Gasteiger partial charge < -0.3 is 10.1 Å². The molecule has 17 heavy (non-hydrogen) atoms. The largest absolute Gasteiger partial charge is 0.469 e. The van der Waals surface area contributed by atoms with Crippen LogP contribution in [-0.2, 0) is 20.9 Å². The molecule has 0 unspecified atom stereocenters. The van der Waals surface area contributed by atoms with Crippen molar-refractivity contribution in [3.63, 3.8) is 0 Å².